The molecular formula is C21H23ClFN3O2S. The van der Waals surface area contributed by atoms with Gasteiger partial charge in [-0.1, -0.05) is 23.7 Å². The van der Waals surface area contributed by atoms with E-state index in [1.165, 1.54) is 24.5 Å². The van der Waals surface area contributed by atoms with Gasteiger partial charge >= 0.3 is 0 Å². The third kappa shape index (κ3) is 4.09. The van der Waals surface area contributed by atoms with Gasteiger partial charge in [-0.25, -0.2) is 17.1 Å². The van der Waals surface area contributed by atoms with E-state index in [9.17, 15) is 12.8 Å². The predicted molar refractivity (Wildman–Crippen MR) is 116 cm³/mol. The average Bonchev–Trinajstić information content (AvgIpc) is 2.92. The highest BCUT2D eigenvalue weighted by Gasteiger charge is 2.21. The van der Waals surface area contributed by atoms with Crippen LogP contribution in [0.2, 0.25) is 5.02 Å². The van der Waals surface area contributed by atoms with Gasteiger partial charge in [0.25, 0.3) is 0 Å². The zero-order chi connectivity index (χ0) is 21.3. The number of hydrogen-bond acceptors (Lipinski definition) is 3. The van der Waals surface area contributed by atoms with E-state index in [2.05, 4.69) is 0 Å². The molecule has 0 aliphatic carbocycles. The molecule has 5 nitrogen and oxygen atoms in total. The summed E-state index contributed by atoms with van der Waals surface area (Å²) < 4.78 is 42.4. The molecule has 0 aliphatic heterocycles. The summed E-state index contributed by atoms with van der Waals surface area (Å²) in [5, 5.41) is 1.38. The number of benzene rings is 2. The van der Waals surface area contributed by atoms with Crippen LogP contribution in [0.4, 0.5) is 4.39 Å². The highest BCUT2D eigenvalue weighted by Crippen LogP contribution is 2.37. The number of nitrogens with two attached hydrogens (primary N) is 1. The van der Waals surface area contributed by atoms with Gasteiger partial charge in [-0.2, -0.15) is 0 Å². The quantitative estimate of drug-likeness (QED) is 0.626. The summed E-state index contributed by atoms with van der Waals surface area (Å²) >= 11 is 6.23. The van der Waals surface area contributed by atoms with E-state index in [-0.39, 0.29) is 23.8 Å². The number of allylic oxidation sites excluding steroid dienone is 1. The Kier molecular flexibility index (Phi) is 6.14. The maximum absolute atomic E-state index is 14.2. The fourth-order valence-electron chi connectivity index (χ4n) is 3.39. The molecule has 0 bridgehead atoms. The number of nitrogens with zero attached hydrogens (tertiary/aromatic N) is 2. The lowest BCUT2D eigenvalue weighted by Gasteiger charge is -2.13. The summed E-state index contributed by atoms with van der Waals surface area (Å²) in [6.45, 7) is 2.04. The number of hydrogen-bond donors (Lipinski definition) is 1. The summed E-state index contributed by atoms with van der Waals surface area (Å²) in [7, 11) is -0.601. The van der Waals surface area contributed by atoms with Gasteiger partial charge in [0.05, 0.1) is 11.4 Å². The van der Waals surface area contributed by atoms with Gasteiger partial charge in [-0.3, -0.25) is 0 Å². The standard InChI is InChI=1S/C21H23ClFN3O2S/c1-14-21(15-5-4-6-18(11-15)29(27,28)25(2)3)19-12-16(22)7-8-20(19)26(14)13-17(23)9-10-24/h4-9,11-12H,10,13,24H2,1-3H3/b17-9-. The van der Waals surface area contributed by atoms with Crippen LogP contribution in [0, 0.1) is 6.92 Å². The Morgan fingerprint density at radius 2 is 1.97 bits per heavy atom. The van der Waals surface area contributed by atoms with Crippen LogP contribution in [0.3, 0.4) is 0 Å². The van der Waals surface area contributed by atoms with Crippen LogP contribution in [0.5, 0.6) is 0 Å². The maximum Gasteiger partial charge on any atom is 0.242 e. The molecule has 8 heteroatoms. The van der Waals surface area contributed by atoms with Crippen molar-refractivity contribution < 1.29 is 12.8 Å². The van der Waals surface area contributed by atoms with Crippen LogP contribution in [0.25, 0.3) is 22.0 Å². The Morgan fingerprint density at radius 1 is 1.24 bits per heavy atom. The molecule has 1 heterocycles. The normalized spacial score (nSPS) is 12.9. The van der Waals surface area contributed by atoms with Crippen molar-refractivity contribution in [2.24, 2.45) is 5.73 Å². The van der Waals surface area contributed by atoms with Gasteiger partial charge in [0, 0.05) is 47.8 Å². The third-order valence-corrected chi connectivity index (χ3v) is 6.88. The molecule has 3 rings (SSSR count). The van der Waals surface area contributed by atoms with Crippen LogP contribution in [-0.2, 0) is 16.6 Å². The Hall–Kier alpha value is -2.19. The van der Waals surface area contributed by atoms with Crippen molar-refractivity contribution in [2.45, 2.75) is 18.4 Å². The summed E-state index contributed by atoms with van der Waals surface area (Å²) in [6, 6.07) is 12.1. The topological polar surface area (TPSA) is 68.3 Å². The molecule has 0 unspecified atom stereocenters. The minimum absolute atomic E-state index is 0.0385. The molecule has 2 N–H and O–H groups in total. The monoisotopic (exact) mass is 435 g/mol. The Balaban J connectivity index is 2.27. The van der Waals surface area contributed by atoms with Crippen molar-refractivity contribution in [3.63, 3.8) is 0 Å². The van der Waals surface area contributed by atoms with Crippen LogP contribution in [0.1, 0.15) is 5.69 Å². The van der Waals surface area contributed by atoms with Gasteiger partial charge in [-0.05, 0) is 48.9 Å². The molecule has 154 valence electrons. The summed E-state index contributed by atoms with van der Waals surface area (Å²) in [4.78, 5) is 0.191. The molecule has 29 heavy (non-hydrogen) atoms. The zero-order valence-electron chi connectivity index (χ0n) is 16.5. The molecule has 3 aromatic rings. The van der Waals surface area contributed by atoms with Crippen LogP contribution >= 0.6 is 11.6 Å². The lowest BCUT2D eigenvalue weighted by Crippen LogP contribution is -2.22. The minimum atomic E-state index is -3.58. The van der Waals surface area contributed by atoms with E-state index >= 15 is 0 Å². The summed E-state index contributed by atoms with van der Waals surface area (Å²) in [6.07, 6.45) is 1.34. The lowest BCUT2D eigenvalue weighted by molar-refractivity contribution is 0.521. The van der Waals surface area contributed by atoms with E-state index in [0.29, 0.717) is 5.02 Å². The van der Waals surface area contributed by atoms with Crippen molar-refractivity contribution in [1.82, 2.24) is 8.87 Å². The second kappa shape index (κ2) is 8.28. The van der Waals surface area contributed by atoms with E-state index in [1.807, 2.05) is 29.7 Å². The molecule has 0 fully saturated rings. The summed E-state index contributed by atoms with van der Waals surface area (Å²) in [5.41, 5.74) is 8.58. The van der Waals surface area contributed by atoms with Gasteiger partial charge in [0.2, 0.25) is 10.0 Å². The smallest absolute Gasteiger partial charge is 0.242 e. The number of rotatable bonds is 6. The molecule has 0 amide bonds. The first-order valence-electron chi connectivity index (χ1n) is 9.02. The van der Waals surface area contributed by atoms with Crippen molar-refractivity contribution in [3.05, 3.63) is 65.1 Å². The average molecular weight is 436 g/mol. The van der Waals surface area contributed by atoms with E-state index in [0.717, 1.165) is 27.7 Å². The third-order valence-electron chi connectivity index (χ3n) is 4.84. The fourth-order valence-corrected chi connectivity index (χ4v) is 4.51. The number of sulfonamides is 1. The zero-order valence-corrected chi connectivity index (χ0v) is 18.1. The number of halogens is 2. The van der Waals surface area contributed by atoms with Gasteiger partial charge < -0.3 is 10.3 Å². The minimum Gasteiger partial charge on any atom is -0.337 e. The molecule has 0 radical (unpaired) electrons. The first-order valence-corrected chi connectivity index (χ1v) is 10.8. The Bertz CT molecular complexity index is 1200. The second-order valence-electron chi connectivity index (χ2n) is 6.91. The number of fused-ring (bicyclic) bond motifs is 1. The fraction of sp³-hybridized carbons (Fsp3) is 0.238. The maximum atomic E-state index is 14.2. The van der Waals surface area contributed by atoms with E-state index in [4.69, 9.17) is 17.3 Å². The molecular weight excluding hydrogens is 413 g/mol. The molecule has 0 atom stereocenters. The molecule has 1 aromatic heterocycles. The number of aromatic nitrogens is 1. The highest BCUT2D eigenvalue weighted by atomic mass is 35.5. The van der Waals surface area contributed by atoms with Crippen molar-refractivity contribution >= 4 is 32.5 Å². The van der Waals surface area contributed by atoms with E-state index < -0.39 is 10.0 Å². The predicted octanol–water partition coefficient (Wildman–Crippen LogP) is 4.33. The van der Waals surface area contributed by atoms with Crippen molar-refractivity contribution in [1.29, 1.82) is 0 Å². The van der Waals surface area contributed by atoms with Crippen molar-refractivity contribution in [2.75, 3.05) is 20.6 Å². The summed E-state index contributed by atoms with van der Waals surface area (Å²) in [5.74, 6) is -0.335. The van der Waals surface area contributed by atoms with Crippen LogP contribution in [-0.4, -0.2) is 37.9 Å². The van der Waals surface area contributed by atoms with Gasteiger partial charge in [0.15, 0.2) is 0 Å². The first kappa shape index (κ1) is 21.5. The van der Waals surface area contributed by atoms with Crippen LogP contribution < -0.4 is 5.73 Å². The molecule has 0 saturated carbocycles. The lowest BCUT2D eigenvalue weighted by atomic mass is 10.0. The molecule has 0 saturated heterocycles. The SMILES string of the molecule is Cc1c(-c2cccc(S(=O)(=O)N(C)C)c2)c2cc(Cl)ccc2n1C/C(F)=C/CN. The van der Waals surface area contributed by atoms with Gasteiger partial charge in [0.1, 0.15) is 5.83 Å². The van der Waals surface area contributed by atoms with Crippen molar-refractivity contribution in [3.8, 4) is 11.1 Å². The van der Waals surface area contributed by atoms with E-state index in [1.54, 1.807) is 24.3 Å². The Labute approximate surface area is 175 Å². The molecule has 0 aliphatic rings. The highest BCUT2D eigenvalue weighted by molar-refractivity contribution is 7.89. The molecule has 0 spiro atoms. The second-order valence-corrected chi connectivity index (χ2v) is 9.50. The van der Waals surface area contributed by atoms with Gasteiger partial charge in [-0.15, -0.1) is 0 Å². The Morgan fingerprint density at radius 3 is 2.62 bits per heavy atom. The first-order chi connectivity index (χ1) is 13.7. The molecule has 2 aromatic carbocycles. The largest absolute Gasteiger partial charge is 0.337 e. The van der Waals surface area contributed by atoms with Crippen LogP contribution in [0.15, 0.2) is 59.3 Å².